The van der Waals surface area contributed by atoms with Gasteiger partial charge in [0.05, 0.1) is 6.20 Å². The number of piperidine rings is 1. The van der Waals surface area contributed by atoms with Gasteiger partial charge in [-0.2, -0.15) is 5.10 Å². The van der Waals surface area contributed by atoms with Crippen molar-refractivity contribution < 1.29 is 9.59 Å². The molecule has 1 aromatic rings. The molecule has 3 amide bonds. The van der Waals surface area contributed by atoms with Crippen molar-refractivity contribution in [2.24, 2.45) is 13.0 Å². The van der Waals surface area contributed by atoms with Crippen molar-refractivity contribution in [1.29, 1.82) is 0 Å². The Bertz CT molecular complexity index is 608. The Balaban J connectivity index is 1.45. The summed E-state index contributed by atoms with van der Waals surface area (Å²) in [4.78, 5) is 28.6. The van der Waals surface area contributed by atoms with Crippen LogP contribution in [0.4, 0.5) is 4.79 Å². The van der Waals surface area contributed by atoms with E-state index in [1.165, 1.54) is 12.0 Å². The van der Waals surface area contributed by atoms with Gasteiger partial charge >= 0.3 is 6.03 Å². The van der Waals surface area contributed by atoms with Crippen molar-refractivity contribution in [2.75, 3.05) is 26.2 Å². The van der Waals surface area contributed by atoms with Crippen LogP contribution in [-0.4, -0.2) is 63.7 Å². The number of carbonyl (C=O) groups is 2. The first kappa shape index (κ1) is 17.8. The van der Waals surface area contributed by atoms with Gasteiger partial charge in [-0.15, -0.1) is 0 Å². The van der Waals surface area contributed by atoms with E-state index in [0.29, 0.717) is 5.92 Å². The highest BCUT2D eigenvalue weighted by Crippen LogP contribution is 2.20. The van der Waals surface area contributed by atoms with E-state index < -0.39 is 6.04 Å². The topological polar surface area (TPSA) is 70.5 Å². The van der Waals surface area contributed by atoms with Gasteiger partial charge in [0.25, 0.3) is 0 Å². The second-order valence-electron chi connectivity index (χ2n) is 7.38. The first-order chi connectivity index (χ1) is 12.0. The van der Waals surface area contributed by atoms with Gasteiger partial charge in [0, 0.05) is 39.4 Å². The molecule has 3 rings (SSSR count). The molecule has 7 heteroatoms. The summed E-state index contributed by atoms with van der Waals surface area (Å²) in [5, 5.41) is 7.08. The molecule has 1 N–H and O–H groups in total. The van der Waals surface area contributed by atoms with Gasteiger partial charge in [-0.25, -0.2) is 4.79 Å². The molecule has 0 bridgehead atoms. The molecule has 2 saturated heterocycles. The SMILES string of the molecule is C[C@H](NC(=O)N1CCC(Cc2cnn(C)c2)C1)C(=O)N1CCCCC1. The lowest BCUT2D eigenvalue weighted by molar-refractivity contribution is -0.133. The fourth-order valence-electron chi connectivity index (χ4n) is 3.82. The van der Waals surface area contributed by atoms with Crippen LogP contribution in [0.3, 0.4) is 0 Å². The summed E-state index contributed by atoms with van der Waals surface area (Å²) < 4.78 is 1.81. The predicted molar refractivity (Wildman–Crippen MR) is 95.0 cm³/mol. The van der Waals surface area contributed by atoms with Crippen LogP contribution < -0.4 is 5.32 Å². The Hall–Kier alpha value is -2.05. The molecule has 0 spiro atoms. The van der Waals surface area contributed by atoms with Crippen LogP contribution in [0, 0.1) is 5.92 Å². The Kier molecular flexibility index (Phi) is 5.60. The molecule has 0 saturated carbocycles. The van der Waals surface area contributed by atoms with E-state index in [-0.39, 0.29) is 11.9 Å². The van der Waals surface area contributed by atoms with E-state index in [0.717, 1.165) is 51.9 Å². The smallest absolute Gasteiger partial charge is 0.318 e. The van der Waals surface area contributed by atoms with Gasteiger partial charge in [0.2, 0.25) is 5.91 Å². The Labute approximate surface area is 149 Å². The molecule has 2 aliphatic rings. The highest BCUT2D eigenvalue weighted by Gasteiger charge is 2.29. The number of carbonyl (C=O) groups excluding carboxylic acids is 2. The molecule has 2 atom stereocenters. The molecule has 2 aliphatic heterocycles. The zero-order chi connectivity index (χ0) is 17.8. The van der Waals surface area contributed by atoms with Crippen LogP contribution in [0.15, 0.2) is 12.4 Å². The van der Waals surface area contributed by atoms with E-state index in [4.69, 9.17) is 0 Å². The Morgan fingerprint density at radius 3 is 2.68 bits per heavy atom. The summed E-state index contributed by atoms with van der Waals surface area (Å²) in [6, 6.07) is -0.575. The van der Waals surface area contributed by atoms with E-state index in [9.17, 15) is 9.59 Å². The lowest BCUT2D eigenvalue weighted by atomic mass is 10.0. The average Bonchev–Trinajstić information content (AvgIpc) is 3.24. The number of rotatable bonds is 4. The maximum absolute atomic E-state index is 12.5. The predicted octanol–water partition coefficient (Wildman–Crippen LogP) is 1.40. The number of hydrogen-bond donors (Lipinski definition) is 1. The summed E-state index contributed by atoms with van der Waals surface area (Å²) in [5.41, 5.74) is 1.21. The van der Waals surface area contributed by atoms with Crippen LogP contribution in [0.1, 0.15) is 38.2 Å². The van der Waals surface area contributed by atoms with Gasteiger partial charge < -0.3 is 15.1 Å². The molecule has 1 aromatic heterocycles. The monoisotopic (exact) mass is 347 g/mol. The number of aryl methyl sites for hydroxylation is 1. The molecule has 1 unspecified atom stereocenters. The highest BCUT2D eigenvalue weighted by molar-refractivity contribution is 5.86. The molecule has 2 fully saturated rings. The number of nitrogens with zero attached hydrogens (tertiary/aromatic N) is 4. The summed E-state index contributed by atoms with van der Waals surface area (Å²) in [5.74, 6) is 0.502. The third-order valence-electron chi connectivity index (χ3n) is 5.23. The van der Waals surface area contributed by atoms with Crippen molar-refractivity contribution in [3.05, 3.63) is 18.0 Å². The van der Waals surface area contributed by atoms with Crippen LogP contribution in [-0.2, 0) is 18.3 Å². The first-order valence-corrected chi connectivity index (χ1v) is 9.34. The minimum absolute atomic E-state index is 0.0409. The molecule has 0 radical (unpaired) electrons. The van der Waals surface area contributed by atoms with Gasteiger partial charge in [-0.05, 0) is 50.5 Å². The molecule has 0 aliphatic carbocycles. The second-order valence-corrected chi connectivity index (χ2v) is 7.38. The van der Waals surface area contributed by atoms with Crippen LogP contribution >= 0.6 is 0 Å². The fraction of sp³-hybridized carbons (Fsp3) is 0.722. The second kappa shape index (κ2) is 7.89. The zero-order valence-electron chi connectivity index (χ0n) is 15.3. The normalized spacial score (nSPS) is 22.1. The lowest BCUT2D eigenvalue weighted by Crippen LogP contribution is -2.51. The summed E-state index contributed by atoms with van der Waals surface area (Å²) >= 11 is 0. The standard InChI is InChI=1S/C18H29N5O2/c1-14(17(24)22-7-4-3-5-8-22)20-18(25)23-9-6-15(13-23)10-16-11-19-21(2)12-16/h11-12,14-15H,3-10,13H2,1-2H3,(H,20,25)/t14-,15?/m0/s1. The van der Waals surface area contributed by atoms with Gasteiger partial charge in [0.15, 0.2) is 0 Å². The van der Waals surface area contributed by atoms with Gasteiger partial charge in [0.1, 0.15) is 6.04 Å². The van der Waals surface area contributed by atoms with Gasteiger partial charge in [-0.3, -0.25) is 9.48 Å². The highest BCUT2D eigenvalue weighted by atomic mass is 16.2. The van der Waals surface area contributed by atoms with Crippen LogP contribution in [0.5, 0.6) is 0 Å². The largest absolute Gasteiger partial charge is 0.341 e. The molecule has 7 nitrogen and oxygen atoms in total. The van der Waals surface area contributed by atoms with Crippen molar-refractivity contribution in [2.45, 2.75) is 45.1 Å². The number of hydrogen-bond acceptors (Lipinski definition) is 3. The summed E-state index contributed by atoms with van der Waals surface area (Å²) in [6.45, 7) is 4.91. The molecule has 138 valence electrons. The molecule has 3 heterocycles. The Morgan fingerprint density at radius 1 is 1.24 bits per heavy atom. The fourth-order valence-corrected chi connectivity index (χ4v) is 3.82. The number of likely N-dealkylation sites (tertiary alicyclic amines) is 2. The van der Waals surface area contributed by atoms with E-state index in [1.54, 1.807) is 6.92 Å². The van der Waals surface area contributed by atoms with Crippen LogP contribution in [0.25, 0.3) is 0 Å². The Morgan fingerprint density at radius 2 is 2.00 bits per heavy atom. The number of urea groups is 1. The molecular formula is C18H29N5O2. The minimum Gasteiger partial charge on any atom is -0.341 e. The van der Waals surface area contributed by atoms with Crippen molar-refractivity contribution in [3.8, 4) is 0 Å². The first-order valence-electron chi connectivity index (χ1n) is 9.34. The quantitative estimate of drug-likeness (QED) is 0.895. The number of nitrogens with one attached hydrogen (secondary N) is 1. The number of amides is 3. The van der Waals surface area contributed by atoms with Gasteiger partial charge in [-0.1, -0.05) is 0 Å². The molecule has 0 aromatic carbocycles. The maximum atomic E-state index is 12.5. The zero-order valence-corrected chi connectivity index (χ0v) is 15.3. The van der Waals surface area contributed by atoms with Crippen LogP contribution in [0.2, 0.25) is 0 Å². The lowest BCUT2D eigenvalue weighted by Gasteiger charge is -2.30. The van der Waals surface area contributed by atoms with E-state index >= 15 is 0 Å². The van der Waals surface area contributed by atoms with Crippen molar-refractivity contribution in [1.82, 2.24) is 24.9 Å². The third-order valence-corrected chi connectivity index (χ3v) is 5.23. The van der Waals surface area contributed by atoms with E-state index in [1.807, 2.05) is 33.9 Å². The third kappa shape index (κ3) is 4.52. The summed E-state index contributed by atoms with van der Waals surface area (Å²) in [7, 11) is 1.92. The van der Waals surface area contributed by atoms with Crippen molar-refractivity contribution in [3.63, 3.8) is 0 Å². The minimum atomic E-state index is -0.456. The van der Waals surface area contributed by atoms with E-state index in [2.05, 4.69) is 10.4 Å². The molecular weight excluding hydrogens is 318 g/mol. The molecule has 25 heavy (non-hydrogen) atoms. The number of aromatic nitrogens is 2. The van der Waals surface area contributed by atoms with Crippen molar-refractivity contribution >= 4 is 11.9 Å². The maximum Gasteiger partial charge on any atom is 0.318 e. The summed E-state index contributed by atoms with van der Waals surface area (Å²) in [6.07, 6.45) is 9.18. The average molecular weight is 347 g/mol.